The molecule has 5 aromatic rings. The molecule has 15 heteroatoms. The number of amides is 3. The van der Waals surface area contributed by atoms with Crippen LogP contribution in [0.3, 0.4) is 0 Å². The number of rotatable bonds is 8. The van der Waals surface area contributed by atoms with E-state index in [9.17, 15) is 24.3 Å². The van der Waals surface area contributed by atoms with Crippen molar-refractivity contribution in [2.24, 2.45) is 0 Å². The van der Waals surface area contributed by atoms with E-state index >= 15 is 4.39 Å². The Morgan fingerprint density at radius 3 is 2.31 bits per heavy atom. The number of aromatic carboxylic acids is 1. The molecule has 0 saturated carbocycles. The third-order valence-electron chi connectivity index (χ3n) is 9.68. The molecule has 1 atom stereocenters. The fraction of sp³-hybridized carbons (Fsp3) is 0.205. The Kier molecular flexibility index (Phi) is 10.3. The van der Waals surface area contributed by atoms with Crippen molar-refractivity contribution >= 4 is 47.1 Å². The number of tetrazole rings is 1. The molecule has 1 fully saturated rings. The third-order valence-corrected chi connectivity index (χ3v) is 9.98. The zero-order valence-electron chi connectivity index (χ0n) is 29.0. The second-order valence-corrected chi connectivity index (χ2v) is 13.4. The minimum absolute atomic E-state index is 0.0252. The van der Waals surface area contributed by atoms with Crippen LogP contribution in [0.2, 0.25) is 5.02 Å². The van der Waals surface area contributed by atoms with E-state index in [4.69, 9.17) is 11.6 Å². The number of piperazine rings is 1. The van der Waals surface area contributed by atoms with E-state index in [-0.39, 0.29) is 34.3 Å². The Hall–Kier alpha value is -6.25. The number of aromatic nitrogens is 4. The highest BCUT2D eigenvalue weighted by molar-refractivity contribution is 6.31. The molecule has 13 nitrogen and oxygen atoms in total. The lowest BCUT2D eigenvalue weighted by Gasteiger charge is -2.37. The molecule has 2 N–H and O–H groups in total. The number of likely N-dealkylation sites (N-methyl/N-ethyl adjacent to an activating group) is 1. The molecular weight excluding hydrogens is 715 g/mol. The lowest BCUT2D eigenvalue weighted by atomic mass is 9.85. The van der Waals surface area contributed by atoms with Crippen molar-refractivity contribution in [1.29, 1.82) is 0 Å². The maximum absolute atomic E-state index is 15.3. The average Bonchev–Trinajstić information content (AvgIpc) is 3.73. The molecule has 2 aliphatic heterocycles. The SMILES string of the molecule is CN1CCN(C(=O)c2ccc(-c3cccc4c3CCN(C(=O)C=Cc3c(-n5cnnn5)ccc(Cl)c3F)C4C(=O)Nc3ccc(C(=O)O)cc3)cc2)CC1. The van der Waals surface area contributed by atoms with Gasteiger partial charge in [-0.2, -0.15) is 4.68 Å². The molecule has 2 aliphatic rings. The first-order chi connectivity index (χ1) is 26.1. The van der Waals surface area contributed by atoms with Gasteiger partial charge in [0.1, 0.15) is 12.4 Å². The molecule has 3 amide bonds. The van der Waals surface area contributed by atoms with Crippen LogP contribution in [0, 0.1) is 5.82 Å². The highest BCUT2D eigenvalue weighted by Gasteiger charge is 2.36. The van der Waals surface area contributed by atoms with Gasteiger partial charge in [0.25, 0.3) is 11.8 Å². The van der Waals surface area contributed by atoms with E-state index in [2.05, 4.69) is 25.7 Å². The molecule has 7 rings (SSSR count). The molecule has 3 heterocycles. The Morgan fingerprint density at radius 1 is 0.907 bits per heavy atom. The van der Waals surface area contributed by atoms with Crippen molar-refractivity contribution in [3.05, 3.63) is 130 Å². The molecule has 1 saturated heterocycles. The Morgan fingerprint density at radius 2 is 1.63 bits per heavy atom. The van der Waals surface area contributed by atoms with E-state index in [1.807, 2.05) is 48.3 Å². The van der Waals surface area contributed by atoms with Crippen molar-refractivity contribution in [2.45, 2.75) is 12.5 Å². The number of hydrogen-bond donors (Lipinski definition) is 2. The highest BCUT2D eigenvalue weighted by Crippen LogP contribution is 2.37. The average molecular weight is 749 g/mol. The van der Waals surface area contributed by atoms with E-state index in [1.54, 1.807) is 6.07 Å². The van der Waals surface area contributed by atoms with Gasteiger partial charge in [0.15, 0.2) is 5.82 Å². The fourth-order valence-corrected chi connectivity index (χ4v) is 6.95. The van der Waals surface area contributed by atoms with Gasteiger partial charge in [-0.05, 0) is 101 Å². The summed E-state index contributed by atoms with van der Waals surface area (Å²) in [5.74, 6) is -3.02. The number of nitrogens with one attached hydrogen (secondary N) is 1. The van der Waals surface area contributed by atoms with Crippen LogP contribution in [-0.2, 0) is 16.0 Å². The number of hydrogen-bond acceptors (Lipinski definition) is 8. The number of carboxylic acids is 1. The van der Waals surface area contributed by atoms with Crippen LogP contribution in [0.5, 0.6) is 0 Å². The summed E-state index contributed by atoms with van der Waals surface area (Å²) in [6, 6.07) is 20.4. The molecule has 54 heavy (non-hydrogen) atoms. The quantitative estimate of drug-likeness (QED) is 0.209. The first-order valence-corrected chi connectivity index (χ1v) is 17.5. The van der Waals surface area contributed by atoms with Crippen molar-refractivity contribution in [1.82, 2.24) is 34.9 Å². The maximum atomic E-state index is 15.3. The number of carbonyl (C=O) groups excluding carboxylic acids is 3. The van der Waals surface area contributed by atoms with Gasteiger partial charge in [0.05, 0.1) is 16.3 Å². The van der Waals surface area contributed by atoms with Crippen LogP contribution in [0.1, 0.15) is 43.4 Å². The minimum atomic E-state index is -1.12. The van der Waals surface area contributed by atoms with Gasteiger partial charge in [-0.3, -0.25) is 14.4 Å². The Labute approximate surface area is 314 Å². The number of halogens is 2. The van der Waals surface area contributed by atoms with Gasteiger partial charge in [-0.1, -0.05) is 41.9 Å². The standard InChI is InChI=1S/C39H34ClFN8O5/c1-46-19-21-47(22-20-46)38(52)25-7-5-24(6-8-25)28-3-2-4-30-29(28)17-18-48(36(30)37(51)43-27-11-9-26(10-12-27)39(53)54)34(50)16-13-31-33(49-23-42-44-45-49)15-14-32(40)35(31)41/h2-16,23,36H,17-22H2,1H3,(H,43,51)(H,53,54). The normalized spacial score (nSPS) is 15.9. The second kappa shape index (κ2) is 15.4. The van der Waals surface area contributed by atoms with Gasteiger partial charge >= 0.3 is 5.97 Å². The first kappa shape index (κ1) is 36.1. The number of anilines is 1. The molecule has 1 aromatic heterocycles. The van der Waals surface area contributed by atoms with Gasteiger partial charge in [0, 0.05) is 55.6 Å². The second-order valence-electron chi connectivity index (χ2n) is 13.0. The van der Waals surface area contributed by atoms with Crippen molar-refractivity contribution in [2.75, 3.05) is 45.1 Å². The molecular formula is C39H34ClFN8O5. The third kappa shape index (κ3) is 7.34. The predicted octanol–water partition coefficient (Wildman–Crippen LogP) is 4.99. The Balaban J connectivity index is 1.21. The first-order valence-electron chi connectivity index (χ1n) is 17.1. The minimum Gasteiger partial charge on any atom is -0.478 e. The topological polar surface area (TPSA) is 154 Å². The number of nitrogens with zero attached hydrogens (tertiary/aromatic N) is 7. The summed E-state index contributed by atoms with van der Waals surface area (Å²) in [7, 11) is 2.03. The van der Waals surface area contributed by atoms with Gasteiger partial charge in [-0.15, -0.1) is 5.10 Å². The highest BCUT2D eigenvalue weighted by atomic mass is 35.5. The predicted molar refractivity (Wildman–Crippen MR) is 199 cm³/mol. The molecule has 0 radical (unpaired) electrons. The van der Waals surface area contributed by atoms with Crippen molar-refractivity contribution < 1.29 is 28.7 Å². The van der Waals surface area contributed by atoms with Crippen molar-refractivity contribution in [3.63, 3.8) is 0 Å². The molecule has 0 aliphatic carbocycles. The van der Waals surface area contributed by atoms with E-state index in [1.165, 1.54) is 64.5 Å². The summed E-state index contributed by atoms with van der Waals surface area (Å²) in [6.45, 7) is 3.10. The number of carbonyl (C=O) groups is 4. The number of fused-ring (bicyclic) bond motifs is 1. The van der Waals surface area contributed by atoms with Gasteiger partial charge in [-0.25, -0.2) is 9.18 Å². The summed E-state index contributed by atoms with van der Waals surface area (Å²) in [4.78, 5) is 58.3. The molecule has 0 spiro atoms. The van der Waals surface area contributed by atoms with Crippen LogP contribution in [0.15, 0.2) is 91.3 Å². The summed E-state index contributed by atoms with van der Waals surface area (Å²) in [5, 5.41) is 23.0. The number of benzene rings is 4. The van der Waals surface area contributed by atoms with Crippen LogP contribution in [0.25, 0.3) is 22.9 Å². The summed E-state index contributed by atoms with van der Waals surface area (Å²) < 4.78 is 16.6. The lowest BCUT2D eigenvalue weighted by Crippen LogP contribution is -2.47. The van der Waals surface area contributed by atoms with Gasteiger partial charge in [0.2, 0.25) is 5.91 Å². The van der Waals surface area contributed by atoms with Crippen LogP contribution < -0.4 is 5.32 Å². The monoisotopic (exact) mass is 748 g/mol. The van der Waals surface area contributed by atoms with Crippen LogP contribution >= 0.6 is 11.6 Å². The number of carboxylic acid groups (broad SMARTS) is 1. The molecule has 0 bridgehead atoms. The van der Waals surface area contributed by atoms with Crippen molar-refractivity contribution in [3.8, 4) is 16.8 Å². The maximum Gasteiger partial charge on any atom is 0.335 e. The summed E-state index contributed by atoms with van der Waals surface area (Å²) >= 11 is 6.09. The smallest absolute Gasteiger partial charge is 0.335 e. The fourth-order valence-electron chi connectivity index (χ4n) is 6.79. The largest absolute Gasteiger partial charge is 0.478 e. The molecule has 274 valence electrons. The van der Waals surface area contributed by atoms with Crippen LogP contribution in [-0.4, -0.2) is 103 Å². The van der Waals surface area contributed by atoms with E-state index in [0.717, 1.165) is 29.8 Å². The zero-order valence-corrected chi connectivity index (χ0v) is 29.8. The van der Waals surface area contributed by atoms with Gasteiger partial charge < -0.3 is 25.1 Å². The molecule has 1 unspecified atom stereocenters. The van der Waals surface area contributed by atoms with E-state index < -0.39 is 29.6 Å². The summed E-state index contributed by atoms with van der Waals surface area (Å²) in [5.41, 5.74) is 4.32. The Bertz CT molecular complexity index is 2260. The summed E-state index contributed by atoms with van der Waals surface area (Å²) in [6.07, 6.45) is 4.13. The molecule has 4 aromatic carbocycles. The zero-order chi connectivity index (χ0) is 37.9. The van der Waals surface area contributed by atoms with E-state index in [0.29, 0.717) is 36.3 Å². The van der Waals surface area contributed by atoms with Crippen LogP contribution in [0.4, 0.5) is 10.1 Å². The lowest BCUT2D eigenvalue weighted by molar-refractivity contribution is -0.135.